The van der Waals surface area contributed by atoms with Crippen LogP contribution in [-0.2, 0) is 4.79 Å². The lowest BCUT2D eigenvalue weighted by Gasteiger charge is -2.27. The second-order valence-electron chi connectivity index (χ2n) is 7.65. The fraction of sp³-hybridized carbons (Fsp3) is 0.333. The van der Waals surface area contributed by atoms with Crippen molar-refractivity contribution in [3.63, 3.8) is 0 Å². The summed E-state index contributed by atoms with van der Waals surface area (Å²) in [5.74, 6) is 0.529. The van der Waals surface area contributed by atoms with Crippen LogP contribution in [0.5, 0.6) is 0 Å². The Morgan fingerprint density at radius 1 is 1.11 bits per heavy atom. The minimum absolute atomic E-state index is 0.0783. The Labute approximate surface area is 156 Å². The Balaban J connectivity index is 1.51. The van der Waals surface area contributed by atoms with Gasteiger partial charge in [0.05, 0.1) is 23.4 Å². The van der Waals surface area contributed by atoms with Gasteiger partial charge in [-0.1, -0.05) is 12.8 Å². The predicted molar refractivity (Wildman–Crippen MR) is 102 cm³/mol. The van der Waals surface area contributed by atoms with Gasteiger partial charge in [0.1, 0.15) is 5.82 Å². The molecule has 2 unspecified atom stereocenters. The third kappa shape index (κ3) is 2.90. The van der Waals surface area contributed by atoms with Gasteiger partial charge >= 0.3 is 0 Å². The zero-order valence-corrected chi connectivity index (χ0v) is 14.9. The van der Waals surface area contributed by atoms with Crippen LogP contribution in [0.3, 0.4) is 0 Å². The standard InChI is InChI=1S/C21H21FN4O/c22-15-3-5-16(6-4-15)26-19-8-7-17(10-14(19)12-24-26)25-20(9-13-1-2-13)18(23)11-21(25)27/h3-8,10,12-13,18,20H,1-2,9,11,23H2. The van der Waals surface area contributed by atoms with E-state index >= 15 is 0 Å². The molecule has 2 fully saturated rings. The highest BCUT2D eigenvalue weighted by atomic mass is 19.1. The fourth-order valence-corrected chi connectivity index (χ4v) is 4.08. The Morgan fingerprint density at radius 3 is 2.59 bits per heavy atom. The number of amides is 1. The van der Waals surface area contributed by atoms with Gasteiger partial charge < -0.3 is 10.6 Å². The summed E-state index contributed by atoms with van der Waals surface area (Å²) in [5, 5.41) is 5.38. The van der Waals surface area contributed by atoms with Crippen LogP contribution in [0.15, 0.2) is 48.7 Å². The molecule has 138 valence electrons. The number of hydrogen-bond donors (Lipinski definition) is 1. The SMILES string of the molecule is NC1CC(=O)N(c2ccc3c(cnn3-c3ccc(F)cc3)c2)C1CC1CC1. The molecule has 1 aliphatic carbocycles. The molecule has 1 saturated heterocycles. The summed E-state index contributed by atoms with van der Waals surface area (Å²) in [7, 11) is 0. The van der Waals surface area contributed by atoms with E-state index in [1.54, 1.807) is 23.0 Å². The minimum atomic E-state index is -0.275. The van der Waals surface area contributed by atoms with Crippen LogP contribution >= 0.6 is 0 Å². The summed E-state index contributed by atoms with van der Waals surface area (Å²) in [6.45, 7) is 0. The maximum absolute atomic E-state index is 13.2. The lowest BCUT2D eigenvalue weighted by Crippen LogP contribution is -2.40. The van der Waals surface area contributed by atoms with Gasteiger partial charge in [0, 0.05) is 23.5 Å². The van der Waals surface area contributed by atoms with E-state index in [1.165, 1.54) is 25.0 Å². The van der Waals surface area contributed by atoms with E-state index in [0.29, 0.717) is 12.3 Å². The van der Waals surface area contributed by atoms with E-state index in [2.05, 4.69) is 5.10 Å². The summed E-state index contributed by atoms with van der Waals surface area (Å²) in [5.41, 5.74) is 8.86. The quantitative estimate of drug-likeness (QED) is 0.772. The normalized spacial score (nSPS) is 22.7. The van der Waals surface area contributed by atoms with Gasteiger partial charge in [0.25, 0.3) is 0 Å². The molecular formula is C21H21FN4O. The van der Waals surface area contributed by atoms with Crippen LogP contribution in [0, 0.1) is 11.7 Å². The van der Waals surface area contributed by atoms with Crippen molar-refractivity contribution in [2.75, 3.05) is 4.90 Å². The number of nitrogens with zero attached hydrogens (tertiary/aromatic N) is 3. The van der Waals surface area contributed by atoms with Gasteiger partial charge in [-0.2, -0.15) is 5.10 Å². The van der Waals surface area contributed by atoms with E-state index in [1.807, 2.05) is 23.1 Å². The lowest BCUT2D eigenvalue weighted by molar-refractivity contribution is -0.117. The van der Waals surface area contributed by atoms with Crippen LogP contribution in [0.4, 0.5) is 10.1 Å². The number of carbonyl (C=O) groups is 1. The fourth-order valence-electron chi connectivity index (χ4n) is 4.08. The number of benzene rings is 2. The van der Waals surface area contributed by atoms with Gasteiger partial charge in [-0.25, -0.2) is 9.07 Å². The van der Waals surface area contributed by atoms with Gasteiger partial charge in [-0.3, -0.25) is 4.79 Å². The Morgan fingerprint density at radius 2 is 1.85 bits per heavy atom. The van der Waals surface area contributed by atoms with Crippen LogP contribution < -0.4 is 10.6 Å². The van der Waals surface area contributed by atoms with Crippen molar-refractivity contribution < 1.29 is 9.18 Å². The van der Waals surface area contributed by atoms with Crippen LogP contribution in [0.1, 0.15) is 25.7 Å². The molecule has 3 aromatic rings. The van der Waals surface area contributed by atoms with Gasteiger partial charge in [0.2, 0.25) is 5.91 Å². The number of hydrogen-bond acceptors (Lipinski definition) is 3. The van der Waals surface area contributed by atoms with Crippen molar-refractivity contribution in [3.8, 4) is 5.69 Å². The Bertz CT molecular complexity index is 1010. The zero-order chi connectivity index (χ0) is 18.5. The monoisotopic (exact) mass is 364 g/mol. The molecule has 1 aromatic heterocycles. The highest BCUT2D eigenvalue weighted by Crippen LogP contribution is 2.39. The molecule has 5 rings (SSSR count). The van der Waals surface area contributed by atoms with Crippen molar-refractivity contribution in [1.29, 1.82) is 0 Å². The van der Waals surface area contributed by atoms with Crippen LogP contribution in [0.25, 0.3) is 16.6 Å². The molecular weight excluding hydrogens is 343 g/mol. The van der Waals surface area contributed by atoms with Crippen LogP contribution in [-0.4, -0.2) is 27.8 Å². The number of anilines is 1. The molecule has 27 heavy (non-hydrogen) atoms. The van der Waals surface area contributed by atoms with E-state index < -0.39 is 0 Å². The topological polar surface area (TPSA) is 64.2 Å². The van der Waals surface area contributed by atoms with Crippen molar-refractivity contribution in [2.24, 2.45) is 11.7 Å². The predicted octanol–water partition coefficient (Wildman–Crippen LogP) is 3.40. The average Bonchev–Trinajstić information content (AvgIpc) is 3.31. The number of aromatic nitrogens is 2. The van der Waals surface area contributed by atoms with E-state index in [4.69, 9.17) is 5.73 Å². The van der Waals surface area contributed by atoms with Gasteiger partial charge in [-0.15, -0.1) is 0 Å². The summed E-state index contributed by atoms with van der Waals surface area (Å²) >= 11 is 0. The van der Waals surface area contributed by atoms with Gasteiger partial charge in [-0.05, 0) is 54.8 Å². The second kappa shape index (κ2) is 6.16. The summed E-state index contributed by atoms with van der Waals surface area (Å²) in [4.78, 5) is 14.5. The average molecular weight is 364 g/mol. The third-order valence-electron chi connectivity index (χ3n) is 5.68. The van der Waals surface area contributed by atoms with Crippen molar-refractivity contribution in [1.82, 2.24) is 9.78 Å². The maximum Gasteiger partial charge on any atom is 0.228 e. The van der Waals surface area contributed by atoms with Gasteiger partial charge in [0.15, 0.2) is 0 Å². The number of halogens is 1. The molecule has 1 saturated carbocycles. The molecule has 2 aliphatic rings. The van der Waals surface area contributed by atoms with E-state index in [-0.39, 0.29) is 23.8 Å². The first kappa shape index (κ1) is 16.4. The number of carbonyl (C=O) groups excluding carboxylic acids is 1. The first-order chi connectivity index (χ1) is 13.1. The molecule has 6 heteroatoms. The Kier molecular flexibility index (Phi) is 3.75. The summed E-state index contributed by atoms with van der Waals surface area (Å²) < 4.78 is 15.0. The highest BCUT2D eigenvalue weighted by Gasteiger charge is 2.41. The first-order valence-corrected chi connectivity index (χ1v) is 9.41. The third-order valence-corrected chi connectivity index (χ3v) is 5.68. The smallest absolute Gasteiger partial charge is 0.228 e. The molecule has 0 spiro atoms. The largest absolute Gasteiger partial charge is 0.325 e. The first-order valence-electron chi connectivity index (χ1n) is 9.41. The number of fused-ring (bicyclic) bond motifs is 1. The summed E-state index contributed by atoms with van der Waals surface area (Å²) in [6, 6.07) is 12.1. The highest BCUT2D eigenvalue weighted by molar-refractivity contribution is 5.99. The minimum Gasteiger partial charge on any atom is -0.325 e. The molecule has 0 bridgehead atoms. The number of nitrogens with two attached hydrogens (primary N) is 1. The molecule has 2 aromatic carbocycles. The Hall–Kier alpha value is -2.73. The summed E-state index contributed by atoms with van der Waals surface area (Å²) in [6.07, 6.45) is 5.66. The molecule has 0 radical (unpaired) electrons. The molecule has 1 amide bonds. The molecule has 5 nitrogen and oxygen atoms in total. The van der Waals surface area contributed by atoms with Crippen molar-refractivity contribution in [3.05, 3.63) is 54.5 Å². The molecule has 1 aliphatic heterocycles. The van der Waals surface area contributed by atoms with E-state index in [9.17, 15) is 9.18 Å². The molecule has 2 N–H and O–H groups in total. The molecule has 2 atom stereocenters. The van der Waals surface area contributed by atoms with Crippen molar-refractivity contribution >= 4 is 22.5 Å². The zero-order valence-electron chi connectivity index (χ0n) is 14.9. The number of rotatable bonds is 4. The van der Waals surface area contributed by atoms with E-state index in [0.717, 1.165) is 28.7 Å². The molecule has 2 heterocycles. The van der Waals surface area contributed by atoms with Crippen LogP contribution in [0.2, 0.25) is 0 Å². The second-order valence-corrected chi connectivity index (χ2v) is 7.65. The maximum atomic E-state index is 13.2. The van der Waals surface area contributed by atoms with Crippen molar-refractivity contribution in [2.45, 2.75) is 37.8 Å². The lowest BCUT2D eigenvalue weighted by atomic mass is 10.0.